The van der Waals surface area contributed by atoms with Crippen LogP contribution in [0.4, 0.5) is 15.9 Å². The number of para-hydroxylation sites is 1. The molecule has 1 aliphatic rings. The van der Waals surface area contributed by atoms with Crippen molar-refractivity contribution in [3.63, 3.8) is 0 Å². The summed E-state index contributed by atoms with van der Waals surface area (Å²) in [5, 5.41) is 14.9. The molecule has 1 aliphatic heterocycles. The Kier molecular flexibility index (Phi) is 8.02. The molecule has 1 N–H and O–H groups in total. The third-order valence-electron chi connectivity index (χ3n) is 5.88. The predicted molar refractivity (Wildman–Crippen MR) is 126 cm³/mol. The number of piperidine rings is 1. The van der Waals surface area contributed by atoms with Crippen molar-refractivity contribution in [1.29, 1.82) is 0 Å². The lowest BCUT2D eigenvalue weighted by molar-refractivity contribution is -0.390. The fourth-order valence-corrected chi connectivity index (χ4v) is 4.71. The van der Waals surface area contributed by atoms with Crippen LogP contribution < -0.4 is 10.2 Å². The van der Waals surface area contributed by atoms with Crippen LogP contribution in [0.25, 0.3) is 0 Å². The maximum absolute atomic E-state index is 14.3. The highest BCUT2D eigenvalue weighted by Crippen LogP contribution is 2.27. The molecular formula is C22H34FN5O3Si. The van der Waals surface area contributed by atoms with Gasteiger partial charge in [-0.2, -0.15) is 0 Å². The van der Waals surface area contributed by atoms with Crippen molar-refractivity contribution in [2.45, 2.75) is 64.8 Å². The maximum atomic E-state index is 14.3. The average Bonchev–Trinajstić information content (AvgIpc) is 3.13. The van der Waals surface area contributed by atoms with Crippen molar-refractivity contribution in [2.75, 3.05) is 24.6 Å². The van der Waals surface area contributed by atoms with E-state index in [0.29, 0.717) is 24.5 Å². The lowest BCUT2D eigenvalue weighted by Crippen LogP contribution is -2.43. The summed E-state index contributed by atoms with van der Waals surface area (Å²) in [6, 6.07) is 6.40. The number of nitrogens with one attached hydrogen (secondary N) is 1. The summed E-state index contributed by atoms with van der Waals surface area (Å²) < 4.78 is 21.8. The Hall–Kier alpha value is -2.30. The van der Waals surface area contributed by atoms with Crippen LogP contribution in [0.5, 0.6) is 0 Å². The van der Waals surface area contributed by atoms with Crippen molar-refractivity contribution in [3.05, 3.63) is 51.7 Å². The number of aryl methyl sites for hydroxylation is 1. The zero-order chi connectivity index (χ0) is 23.3. The molecule has 1 aromatic heterocycles. The molecule has 1 saturated heterocycles. The van der Waals surface area contributed by atoms with E-state index >= 15 is 0 Å². The van der Waals surface area contributed by atoms with Gasteiger partial charge in [0.05, 0.1) is 5.69 Å². The first-order chi connectivity index (χ1) is 15.2. The first kappa shape index (κ1) is 24.3. The number of nitro groups is 1. The predicted octanol–water partition coefficient (Wildman–Crippen LogP) is 4.31. The number of nitrogens with zero attached hydrogens (tertiary/aromatic N) is 4. The van der Waals surface area contributed by atoms with Crippen molar-refractivity contribution in [1.82, 2.24) is 14.9 Å². The van der Waals surface area contributed by atoms with Crippen LogP contribution in [0.1, 0.15) is 24.1 Å². The van der Waals surface area contributed by atoms with Crippen molar-refractivity contribution in [2.24, 2.45) is 0 Å². The minimum atomic E-state index is -1.19. The van der Waals surface area contributed by atoms with Gasteiger partial charge < -0.3 is 25.1 Å². The number of hydrogen-bond donors (Lipinski definition) is 1. The summed E-state index contributed by atoms with van der Waals surface area (Å²) in [6.45, 7) is 11.5. The van der Waals surface area contributed by atoms with Crippen LogP contribution in [0.15, 0.2) is 24.5 Å². The third kappa shape index (κ3) is 6.36. The fourth-order valence-electron chi connectivity index (χ4n) is 3.95. The van der Waals surface area contributed by atoms with Crippen LogP contribution in [0.3, 0.4) is 0 Å². The summed E-state index contributed by atoms with van der Waals surface area (Å²) in [4.78, 5) is 17.1. The molecule has 0 atom stereocenters. The molecule has 2 heterocycles. The van der Waals surface area contributed by atoms with Gasteiger partial charge in [0.25, 0.3) is 0 Å². The number of imidazole rings is 1. The number of anilines is 1. The van der Waals surface area contributed by atoms with E-state index in [1.165, 1.54) is 12.4 Å². The van der Waals surface area contributed by atoms with Gasteiger partial charge in [0.15, 0.2) is 0 Å². The lowest BCUT2D eigenvalue weighted by atomic mass is 10.0. The Balaban J connectivity index is 1.56. The Morgan fingerprint density at radius 2 is 2.03 bits per heavy atom. The highest BCUT2D eigenvalue weighted by molar-refractivity contribution is 6.76. The van der Waals surface area contributed by atoms with E-state index in [9.17, 15) is 14.5 Å². The van der Waals surface area contributed by atoms with E-state index in [1.54, 1.807) is 10.6 Å². The minimum absolute atomic E-state index is 0.134. The molecule has 0 radical (unpaired) electrons. The van der Waals surface area contributed by atoms with Gasteiger partial charge in [-0.1, -0.05) is 31.8 Å². The Labute approximate surface area is 189 Å². The molecule has 0 aliphatic carbocycles. The number of halogens is 1. The molecule has 176 valence electrons. The lowest BCUT2D eigenvalue weighted by Gasteiger charge is -2.35. The van der Waals surface area contributed by atoms with Crippen molar-refractivity contribution in [3.8, 4) is 0 Å². The molecular weight excluding hydrogens is 429 g/mol. The van der Waals surface area contributed by atoms with Gasteiger partial charge in [-0.15, -0.1) is 0 Å². The van der Waals surface area contributed by atoms with Crippen LogP contribution in [-0.4, -0.2) is 48.3 Å². The van der Waals surface area contributed by atoms with Gasteiger partial charge in [-0.25, -0.2) is 4.39 Å². The van der Waals surface area contributed by atoms with Crippen LogP contribution in [-0.2, 0) is 18.0 Å². The van der Waals surface area contributed by atoms with E-state index in [-0.39, 0.29) is 24.4 Å². The third-order valence-corrected chi connectivity index (χ3v) is 7.59. The molecule has 1 fully saturated rings. The number of rotatable bonds is 10. The van der Waals surface area contributed by atoms with Gasteiger partial charge in [-0.3, -0.25) is 4.57 Å². The van der Waals surface area contributed by atoms with Crippen LogP contribution in [0, 0.1) is 22.9 Å². The molecule has 0 amide bonds. The highest BCUT2D eigenvalue weighted by atomic mass is 28.3. The molecule has 10 heteroatoms. The molecule has 0 unspecified atom stereocenters. The standard InChI is InChI=1S/C22H34FN5O3Si/c1-17-6-5-7-19(23)21(17)26-10-8-18(9-11-26)24-14-20-22(28(29)30)25-15-27(20)16-31-12-13-32(2,3)4/h5-7,15,18,24H,8-14,16H2,1-4H3. The number of aromatic nitrogens is 2. The van der Waals surface area contributed by atoms with E-state index in [0.717, 1.165) is 37.5 Å². The van der Waals surface area contributed by atoms with Gasteiger partial charge in [0, 0.05) is 40.4 Å². The zero-order valence-corrected chi connectivity index (χ0v) is 20.4. The molecule has 1 aromatic carbocycles. The van der Waals surface area contributed by atoms with E-state index < -0.39 is 13.0 Å². The molecule has 3 rings (SSSR count). The summed E-state index contributed by atoms with van der Waals surface area (Å²) in [5.41, 5.74) is 2.13. The number of hydrogen-bond acceptors (Lipinski definition) is 6. The van der Waals surface area contributed by atoms with Gasteiger partial charge in [0.2, 0.25) is 6.33 Å². The topological polar surface area (TPSA) is 85.5 Å². The van der Waals surface area contributed by atoms with E-state index in [2.05, 4.69) is 34.8 Å². The second-order valence-corrected chi connectivity index (χ2v) is 15.3. The normalized spacial score (nSPS) is 15.3. The quantitative estimate of drug-likeness (QED) is 0.245. The monoisotopic (exact) mass is 463 g/mol. The fraction of sp³-hybridized carbons (Fsp3) is 0.591. The van der Waals surface area contributed by atoms with E-state index in [1.807, 2.05) is 13.0 Å². The SMILES string of the molecule is Cc1cccc(F)c1N1CCC(NCc2c([N+](=O)[O-])ncn2COCC[Si](C)(C)C)CC1. The van der Waals surface area contributed by atoms with Crippen LogP contribution >= 0.6 is 0 Å². The molecule has 0 spiro atoms. The highest BCUT2D eigenvalue weighted by Gasteiger charge is 2.25. The first-order valence-corrected chi connectivity index (χ1v) is 14.9. The van der Waals surface area contributed by atoms with Gasteiger partial charge >= 0.3 is 5.82 Å². The Morgan fingerprint density at radius 1 is 1.31 bits per heavy atom. The van der Waals surface area contributed by atoms with Gasteiger partial charge in [-0.05, 0) is 47.3 Å². The van der Waals surface area contributed by atoms with Crippen molar-refractivity contribution < 1.29 is 14.1 Å². The summed E-state index contributed by atoms with van der Waals surface area (Å²) in [7, 11) is -1.19. The second kappa shape index (κ2) is 10.5. The molecule has 8 nitrogen and oxygen atoms in total. The van der Waals surface area contributed by atoms with E-state index in [4.69, 9.17) is 4.74 Å². The van der Waals surface area contributed by atoms with Crippen LogP contribution in [0.2, 0.25) is 25.7 Å². The van der Waals surface area contributed by atoms with Crippen molar-refractivity contribution >= 4 is 19.6 Å². The zero-order valence-electron chi connectivity index (χ0n) is 19.4. The van der Waals surface area contributed by atoms with Gasteiger partial charge in [0.1, 0.15) is 18.2 Å². The minimum Gasteiger partial charge on any atom is -0.369 e. The number of ether oxygens (including phenoxy) is 1. The summed E-state index contributed by atoms with van der Waals surface area (Å²) in [6.07, 6.45) is 3.15. The smallest absolute Gasteiger partial charge is 0.369 e. The molecule has 2 aromatic rings. The molecule has 0 saturated carbocycles. The summed E-state index contributed by atoms with van der Waals surface area (Å²) >= 11 is 0. The average molecular weight is 464 g/mol. The summed E-state index contributed by atoms with van der Waals surface area (Å²) in [5.74, 6) is -0.323. The first-order valence-electron chi connectivity index (χ1n) is 11.2. The Morgan fingerprint density at radius 3 is 2.66 bits per heavy atom. The maximum Gasteiger partial charge on any atom is 0.386 e. The second-order valence-electron chi connectivity index (χ2n) is 9.64. The Bertz CT molecular complexity index is 903. The number of benzene rings is 1. The largest absolute Gasteiger partial charge is 0.386 e. The molecule has 32 heavy (non-hydrogen) atoms. The molecule has 0 bridgehead atoms.